The van der Waals surface area contributed by atoms with Gasteiger partial charge >= 0.3 is 0 Å². The van der Waals surface area contributed by atoms with Gasteiger partial charge in [-0.15, -0.1) is 11.3 Å². The first kappa shape index (κ1) is 20.7. The summed E-state index contributed by atoms with van der Waals surface area (Å²) in [6, 6.07) is 5.98. The lowest BCUT2D eigenvalue weighted by Crippen LogP contribution is -2.33. The molecular formula is C22H28N2O3S2. The molecule has 156 valence electrons. The Morgan fingerprint density at radius 1 is 1.38 bits per heavy atom. The number of thioether (sulfide) groups is 1. The molecule has 2 heterocycles. The van der Waals surface area contributed by atoms with Gasteiger partial charge in [0.15, 0.2) is 4.34 Å². The minimum Gasteiger partial charge on any atom is -0.491 e. The number of hydrogen-bond donors (Lipinski definition) is 1. The van der Waals surface area contributed by atoms with Crippen LogP contribution >= 0.6 is 23.1 Å². The van der Waals surface area contributed by atoms with Gasteiger partial charge in [0.25, 0.3) is 0 Å². The minimum atomic E-state index is -0.434. The number of thiazole rings is 1. The van der Waals surface area contributed by atoms with Gasteiger partial charge in [-0.1, -0.05) is 37.1 Å². The molecule has 0 saturated heterocycles. The molecule has 0 unspecified atom stereocenters. The van der Waals surface area contributed by atoms with E-state index in [9.17, 15) is 9.90 Å². The van der Waals surface area contributed by atoms with E-state index in [2.05, 4.69) is 4.98 Å². The van der Waals surface area contributed by atoms with Crippen molar-refractivity contribution in [2.24, 2.45) is 5.92 Å². The third-order valence-corrected chi connectivity index (χ3v) is 7.90. The highest BCUT2D eigenvalue weighted by Gasteiger charge is 2.25. The maximum atomic E-state index is 12.8. The van der Waals surface area contributed by atoms with Crippen molar-refractivity contribution in [3.8, 4) is 5.75 Å². The van der Waals surface area contributed by atoms with E-state index in [4.69, 9.17) is 4.74 Å². The van der Waals surface area contributed by atoms with E-state index in [0.29, 0.717) is 31.4 Å². The molecule has 2 aromatic rings. The van der Waals surface area contributed by atoms with Crippen molar-refractivity contribution in [1.82, 2.24) is 9.88 Å². The molecule has 4 rings (SSSR count). The van der Waals surface area contributed by atoms with Crippen molar-refractivity contribution in [2.45, 2.75) is 56.0 Å². The number of hydrogen-bond acceptors (Lipinski definition) is 6. The molecule has 1 fully saturated rings. The Balaban J connectivity index is 1.43. The summed E-state index contributed by atoms with van der Waals surface area (Å²) >= 11 is 3.07. The van der Waals surface area contributed by atoms with Crippen molar-refractivity contribution in [1.29, 1.82) is 0 Å². The van der Waals surface area contributed by atoms with Crippen LogP contribution in [0.1, 0.15) is 55.0 Å². The third kappa shape index (κ3) is 5.13. The van der Waals surface area contributed by atoms with Gasteiger partial charge in [0.2, 0.25) is 5.91 Å². The lowest BCUT2D eigenvalue weighted by atomic mass is 9.82. The Labute approximate surface area is 180 Å². The number of ether oxygens (including phenoxy) is 1. The normalized spacial score (nSPS) is 18.6. The second-order valence-electron chi connectivity index (χ2n) is 7.92. The fourth-order valence-corrected chi connectivity index (χ4v) is 5.90. The van der Waals surface area contributed by atoms with Gasteiger partial charge in [0, 0.05) is 23.2 Å². The van der Waals surface area contributed by atoms with Crippen molar-refractivity contribution in [2.75, 3.05) is 18.9 Å². The molecule has 1 N–H and O–H groups in total. The number of aliphatic hydroxyl groups excluding tert-OH is 1. The number of amides is 1. The number of carbonyl (C=O) groups is 1. The summed E-state index contributed by atoms with van der Waals surface area (Å²) < 4.78 is 6.81. The van der Waals surface area contributed by atoms with Gasteiger partial charge < -0.3 is 14.7 Å². The number of benzene rings is 1. The van der Waals surface area contributed by atoms with E-state index in [1.54, 1.807) is 11.3 Å². The number of fused-ring (bicyclic) bond motifs is 1. The Hall–Kier alpha value is -1.57. The highest BCUT2D eigenvalue weighted by molar-refractivity contribution is 8.01. The van der Waals surface area contributed by atoms with Crippen LogP contribution in [0, 0.1) is 12.8 Å². The molecule has 1 saturated carbocycles. The molecule has 1 aliphatic carbocycles. The van der Waals surface area contributed by atoms with Crippen LogP contribution in [0.25, 0.3) is 0 Å². The Bertz CT molecular complexity index is 848. The summed E-state index contributed by atoms with van der Waals surface area (Å²) in [6.07, 6.45) is 5.43. The van der Waals surface area contributed by atoms with Crippen LogP contribution in [0.5, 0.6) is 5.75 Å². The molecule has 7 heteroatoms. The standard InChI is InChI=1S/C22H28N2O3S2/c1-15-13-28-22(23-15)29-14-20(25)24-9-10-27-19-8-7-17(11-18(19)12-24)21(26)16-5-3-2-4-6-16/h7-8,11,13,16,21,26H,2-6,9-10,12,14H2,1H3/t21-/m1/s1. The largest absolute Gasteiger partial charge is 0.491 e. The first-order valence-corrected chi connectivity index (χ1v) is 12.2. The third-order valence-electron chi connectivity index (χ3n) is 5.77. The molecule has 29 heavy (non-hydrogen) atoms. The summed E-state index contributed by atoms with van der Waals surface area (Å²) in [5, 5.41) is 12.9. The molecule has 0 spiro atoms. The number of nitrogens with zero attached hydrogens (tertiary/aromatic N) is 2. The van der Waals surface area contributed by atoms with E-state index in [0.717, 1.165) is 39.8 Å². The summed E-state index contributed by atoms with van der Waals surface area (Å²) in [4.78, 5) is 19.1. The Kier molecular flexibility index (Phi) is 6.77. The van der Waals surface area contributed by atoms with Crippen molar-refractivity contribution < 1.29 is 14.6 Å². The molecule has 1 aromatic heterocycles. The van der Waals surface area contributed by atoms with Crippen molar-refractivity contribution >= 4 is 29.0 Å². The number of aromatic nitrogens is 1. The van der Waals surface area contributed by atoms with E-state index < -0.39 is 6.10 Å². The van der Waals surface area contributed by atoms with Crippen LogP contribution in [0.4, 0.5) is 0 Å². The first-order valence-electron chi connectivity index (χ1n) is 10.4. The summed E-state index contributed by atoms with van der Waals surface area (Å²) in [7, 11) is 0. The molecule has 0 radical (unpaired) electrons. The van der Waals surface area contributed by atoms with Gasteiger partial charge in [-0.05, 0) is 43.4 Å². The van der Waals surface area contributed by atoms with Crippen LogP contribution < -0.4 is 4.74 Å². The Morgan fingerprint density at radius 3 is 2.97 bits per heavy atom. The highest BCUT2D eigenvalue weighted by atomic mass is 32.2. The maximum absolute atomic E-state index is 12.8. The van der Waals surface area contributed by atoms with Crippen LogP contribution in [0.2, 0.25) is 0 Å². The van der Waals surface area contributed by atoms with E-state index in [-0.39, 0.29) is 5.91 Å². The number of aliphatic hydroxyl groups is 1. The summed E-state index contributed by atoms with van der Waals surface area (Å²) in [5.41, 5.74) is 2.92. The SMILES string of the molecule is Cc1csc(SCC(=O)N2CCOc3ccc([C@H](O)C4CCCCC4)cc3C2)n1. The maximum Gasteiger partial charge on any atom is 0.233 e. The summed E-state index contributed by atoms with van der Waals surface area (Å²) in [6.45, 7) is 3.55. The lowest BCUT2D eigenvalue weighted by Gasteiger charge is -2.27. The second-order valence-corrected chi connectivity index (χ2v) is 10.00. The monoisotopic (exact) mass is 432 g/mol. The van der Waals surface area contributed by atoms with Crippen LogP contribution in [-0.2, 0) is 11.3 Å². The molecule has 1 amide bonds. The van der Waals surface area contributed by atoms with Crippen LogP contribution in [-0.4, -0.2) is 39.8 Å². The average Bonchev–Trinajstić information content (AvgIpc) is 3.04. The fraction of sp³-hybridized carbons (Fsp3) is 0.545. The summed E-state index contributed by atoms with van der Waals surface area (Å²) in [5.74, 6) is 1.64. The zero-order valence-corrected chi connectivity index (χ0v) is 18.4. The predicted molar refractivity (Wildman–Crippen MR) is 116 cm³/mol. The molecule has 0 bridgehead atoms. The Morgan fingerprint density at radius 2 is 2.21 bits per heavy atom. The first-order chi connectivity index (χ1) is 14.1. The van der Waals surface area contributed by atoms with E-state index in [1.165, 1.54) is 31.0 Å². The smallest absolute Gasteiger partial charge is 0.233 e. The lowest BCUT2D eigenvalue weighted by molar-refractivity contribution is -0.129. The molecule has 1 aliphatic heterocycles. The molecule has 2 aliphatic rings. The van der Waals surface area contributed by atoms with E-state index >= 15 is 0 Å². The molecule has 1 aromatic carbocycles. The zero-order chi connectivity index (χ0) is 20.2. The van der Waals surface area contributed by atoms with Gasteiger partial charge in [0.1, 0.15) is 12.4 Å². The molecular weight excluding hydrogens is 404 g/mol. The number of rotatable bonds is 5. The number of carbonyl (C=O) groups excluding carboxylic acids is 1. The zero-order valence-electron chi connectivity index (χ0n) is 16.8. The van der Waals surface area contributed by atoms with Gasteiger partial charge in [0.05, 0.1) is 18.4 Å². The van der Waals surface area contributed by atoms with Crippen LogP contribution in [0.15, 0.2) is 27.9 Å². The number of aryl methyl sites for hydroxylation is 1. The van der Waals surface area contributed by atoms with Crippen molar-refractivity contribution in [3.05, 3.63) is 40.4 Å². The predicted octanol–water partition coefficient (Wildman–Crippen LogP) is 4.58. The van der Waals surface area contributed by atoms with Gasteiger partial charge in [-0.25, -0.2) is 4.98 Å². The quantitative estimate of drug-likeness (QED) is 0.701. The fourth-order valence-electron chi connectivity index (χ4n) is 4.15. The highest BCUT2D eigenvalue weighted by Crippen LogP contribution is 2.36. The van der Waals surface area contributed by atoms with E-state index in [1.807, 2.05) is 35.4 Å². The minimum absolute atomic E-state index is 0.0949. The van der Waals surface area contributed by atoms with Crippen LogP contribution in [0.3, 0.4) is 0 Å². The average molecular weight is 433 g/mol. The second kappa shape index (κ2) is 9.49. The van der Waals surface area contributed by atoms with Gasteiger partial charge in [-0.2, -0.15) is 0 Å². The molecule has 1 atom stereocenters. The topological polar surface area (TPSA) is 62.7 Å². The van der Waals surface area contributed by atoms with Crippen molar-refractivity contribution in [3.63, 3.8) is 0 Å². The van der Waals surface area contributed by atoms with Gasteiger partial charge in [-0.3, -0.25) is 4.79 Å². The molecule has 5 nitrogen and oxygen atoms in total.